The van der Waals surface area contributed by atoms with E-state index in [1.807, 2.05) is 0 Å². The topological polar surface area (TPSA) is 90.9 Å². The Bertz CT molecular complexity index is 317. The highest BCUT2D eigenvalue weighted by molar-refractivity contribution is 5.76. The molecule has 7 heteroatoms. The highest BCUT2D eigenvalue weighted by Crippen LogP contribution is 2.15. The number of aliphatic carboxylic acids is 1. The molecule has 1 unspecified atom stereocenters. The highest BCUT2D eigenvalue weighted by atomic mass is 16.5. The average Bonchev–Trinajstić information content (AvgIpc) is 2.46. The Balaban J connectivity index is 2.15. The van der Waals surface area contributed by atoms with Crippen LogP contribution in [0.4, 0.5) is 4.79 Å². The van der Waals surface area contributed by atoms with Crippen LogP contribution in [0.25, 0.3) is 0 Å². The number of methoxy groups -OCH3 is 1. The Labute approximate surface area is 119 Å². The zero-order valence-electron chi connectivity index (χ0n) is 12.2. The Morgan fingerprint density at radius 3 is 2.50 bits per heavy atom. The molecule has 3 N–H and O–H groups in total. The molecule has 1 atom stereocenters. The number of amides is 2. The van der Waals surface area contributed by atoms with E-state index in [2.05, 4.69) is 22.5 Å². The largest absolute Gasteiger partial charge is 0.479 e. The number of carbonyl (C=O) groups is 2. The number of carboxylic acids is 1. The molecule has 1 aliphatic heterocycles. The van der Waals surface area contributed by atoms with Crippen molar-refractivity contribution in [1.29, 1.82) is 0 Å². The lowest BCUT2D eigenvalue weighted by Crippen LogP contribution is -2.45. The van der Waals surface area contributed by atoms with Gasteiger partial charge in [-0.1, -0.05) is 6.92 Å². The van der Waals surface area contributed by atoms with Crippen LogP contribution in [-0.4, -0.2) is 67.9 Å². The third-order valence-corrected chi connectivity index (χ3v) is 3.71. The third-order valence-electron chi connectivity index (χ3n) is 3.71. The van der Waals surface area contributed by atoms with E-state index < -0.39 is 12.1 Å². The maximum Gasteiger partial charge on any atom is 0.334 e. The van der Waals surface area contributed by atoms with Gasteiger partial charge in [0, 0.05) is 13.7 Å². The quantitative estimate of drug-likeness (QED) is 0.618. The van der Waals surface area contributed by atoms with Crippen molar-refractivity contribution in [3.05, 3.63) is 0 Å². The lowest BCUT2D eigenvalue weighted by Gasteiger charge is -2.31. The van der Waals surface area contributed by atoms with E-state index in [1.54, 1.807) is 0 Å². The molecule has 0 saturated carbocycles. The monoisotopic (exact) mass is 287 g/mol. The van der Waals surface area contributed by atoms with Crippen LogP contribution in [0.15, 0.2) is 0 Å². The molecule has 1 saturated heterocycles. The van der Waals surface area contributed by atoms with Crippen molar-refractivity contribution < 1.29 is 19.4 Å². The maximum atomic E-state index is 11.6. The van der Waals surface area contributed by atoms with E-state index in [0.29, 0.717) is 12.5 Å². The lowest BCUT2D eigenvalue weighted by atomic mass is 9.97. The summed E-state index contributed by atoms with van der Waals surface area (Å²) in [5, 5.41) is 14.1. The fourth-order valence-electron chi connectivity index (χ4n) is 2.26. The van der Waals surface area contributed by atoms with Crippen molar-refractivity contribution in [3.8, 4) is 0 Å². The normalized spacial score (nSPS) is 18.5. The Morgan fingerprint density at radius 2 is 2.00 bits per heavy atom. The third kappa shape index (κ3) is 5.75. The standard InChI is InChI=1S/C13H25N3O4/c1-3-16-6-4-10(5-7-16)8-14-13(19)15-9-11(20-2)12(17)18/h10-11H,3-9H2,1-2H3,(H,17,18)(H2,14,15,19). The first-order valence-electron chi connectivity index (χ1n) is 7.06. The van der Waals surface area contributed by atoms with Gasteiger partial charge < -0.3 is 25.4 Å². The fourth-order valence-corrected chi connectivity index (χ4v) is 2.26. The molecule has 1 rings (SSSR count). The SMILES string of the molecule is CCN1CCC(CNC(=O)NCC(OC)C(=O)O)CC1. The minimum absolute atomic E-state index is 0.0358. The van der Waals surface area contributed by atoms with Crippen molar-refractivity contribution in [3.63, 3.8) is 0 Å². The van der Waals surface area contributed by atoms with Crippen molar-refractivity contribution in [2.24, 2.45) is 5.92 Å². The number of hydrogen-bond acceptors (Lipinski definition) is 4. The second-order valence-corrected chi connectivity index (χ2v) is 5.03. The van der Waals surface area contributed by atoms with Crippen LogP contribution in [0, 0.1) is 5.92 Å². The smallest absolute Gasteiger partial charge is 0.334 e. The molecule has 0 aromatic carbocycles. The van der Waals surface area contributed by atoms with Gasteiger partial charge in [-0.15, -0.1) is 0 Å². The van der Waals surface area contributed by atoms with Gasteiger partial charge >= 0.3 is 12.0 Å². The predicted molar refractivity (Wildman–Crippen MR) is 74.7 cm³/mol. The van der Waals surface area contributed by atoms with Crippen LogP contribution in [0.3, 0.4) is 0 Å². The number of carbonyl (C=O) groups excluding carboxylic acids is 1. The first-order chi connectivity index (χ1) is 9.56. The number of ether oxygens (including phenoxy) is 1. The molecule has 0 aromatic heterocycles. The molecule has 0 bridgehead atoms. The summed E-state index contributed by atoms with van der Waals surface area (Å²) >= 11 is 0. The van der Waals surface area contributed by atoms with Gasteiger partial charge in [0.1, 0.15) is 0 Å². The van der Waals surface area contributed by atoms with Gasteiger partial charge in [0.05, 0.1) is 6.54 Å². The molecule has 1 heterocycles. The van der Waals surface area contributed by atoms with Crippen LogP contribution in [0.5, 0.6) is 0 Å². The number of likely N-dealkylation sites (tertiary alicyclic amines) is 1. The number of urea groups is 1. The number of nitrogens with zero attached hydrogens (tertiary/aromatic N) is 1. The first kappa shape index (κ1) is 16.7. The molecule has 7 nitrogen and oxygen atoms in total. The van der Waals surface area contributed by atoms with Crippen molar-refractivity contribution in [1.82, 2.24) is 15.5 Å². The lowest BCUT2D eigenvalue weighted by molar-refractivity contribution is -0.147. The van der Waals surface area contributed by atoms with E-state index in [4.69, 9.17) is 9.84 Å². The second kappa shape index (κ2) is 8.76. The molecular weight excluding hydrogens is 262 g/mol. The second-order valence-electron chi connectivity index (χ2n) is 5.03. The summed E-state index contributed by atoms with van der Waals surface area (Å²) in [6.45, 7) is 5.99. The molecule has 0 aliphatic carbocycles. The molecule has 0 radical (unpaired) electrons. The molecule has 1 aliphatic rings. The Hall–Kier alpha value is -1.34. The number of hydrogen-bond donors (Lipinski definition) is 3. The van der Waals surface area contributed by atoms with E-state index in [1.165, 1.54) is 7.11 Å². The average molecular weight is 287 g/mol. The van der Waals surface area contributed by atoms with Gasteiger partial charge in [0.15, 0.2) is 6.10 Å². The van der Waals surface area contributed by atoms with Crippen molar-refractivity contribution in [2.75, 3.05) is 39.8 Å². The molecule has 0 aromatic rings. The zero-order valence-corrected chi connectivity index (χ0v) is 12.2. The van der Waals surface area contributed by atoms with Gasteiger partial charge in [0.2, 0.25) is 0 Å². The highest BCUT2D eigenvalue weighted by Gasteiger charge is 2.20. The van der Waals surface area contributed by atoms with Gasteiger partial charge in [-0.3, -0.25) is 0 Å². The summed E-state index contributed by atoms with van der Waals surface area (Å²) in [7, 11) is 1.31. The van der Waals surface area contributed by atoms with Gasteiger partial charge in [-0.05, 0) is 38.4 Å². The Morgan fingerprint density at radius 1 is 1.35 bits per heavy atom. The van der Waals surface area contributed by atoms with Crippen molar-refractivity contribution >= 4 is 12.0 Å². The molecule has 2 amide bonds. The van der Waals surface area contributed by atoms with Crippen molar-refractivity contribution in [2.45, 2.75) is 25.9 Å². The van der Waals surface area contributed by atoms with E-state index >= 15 is 0 Å². The summed E-state index contributed by atoms with van der Waals surface area (Å²) in [5.74, 6) is -0.582. The summed E-state index contributed by atoms with van der Waals surface area (Å²) < 4.78 is 4.73. The summed E-state index contributed by atoms with van der Waals surface area (Å²) in [6.07, 6.45) is 1.17. The Kier molecular flexibility index (Phi) is 7.32. The molecule has 116 valence electrons. The van der Waals surface area contributed by atoms with Gasteiger partial charge in [-0.25, -0.2) is 9.59 Å². The number of piperidine rings is 1. The molecule has 0 spiro atoms. The minimum atomic E-state index is -1.08. The van der Waals surface area contributed by atoms with E-state index in [-0.39, 0.29) is 12.6 Å². The number of carboxylic acid groups (broad SMARTS) is 1. The molecule has 1 fully saturated rings. The van der Waals surface area contributed by atoms with Crippen LogP contribution in [-0.2, 0) is 9.53 Å². The van der Waals surface area contributed by atoms with E-state index in [9.17, 15) is 9.59 Å². The van der Waals surface area contributed by atoms with E-state index in [0.717, 1.165) is 32.5 Å². The van der Waals surface area contributed by atoms with Gasteiger partial charge in [-0.2, -0.15) is 0 Å². The predicted octanol–water partition coefficient (Wildman–Crippen LogP) is 0.117. The van der Waals surface area contributed by atoms with Crippen LogP contribution < -0.4 is 10.6 Å². The molecular formula is C13H25N3O4. The first-order valence-corrected chi connectivity index (χ1v) is 7.06. The fraction of sp³-hybridized carbons (Fsp3) is 0.846. The maximum absolute atomic E-state index is 11.6. The van der Waals surface area contributed by atoms with Crippen LogP contribution in [0.1, 0.15) is 19.8 Å². The number of rotatable bonds is 7. The molecule has 20 heavy (non-hydrogen) atoms. The van der Waals surface area contributed by atoms with Gasteiger partial charge in [0.25, 0.3) is 0 Å². The number of nitrogens with one attached hydrogen (secondary N) is 2. The summed E-state index contributed by atoms with van der Waals surface area (Å²) in [4.78, 5) is 24.7. The van der Waals surface area contributed by atoms with Crippen LogP contribution >= 0.6 is 0 Å². The minimum Gasteiger partial charge on any atom is -0.479 e. The summed E-state index contributed by atoms with van der Waals surface area (Å²) in [5.41, 5.74) is 0. The summed E-state index contributed by atoms with van der Waals surface area (Å²) in [6, 6.07) is -0.341. The zero-order chi connectivity index (χ0) is 15.0. The van der Waals surface area contributed by atoms with Crippen LogP contribution in [0.2, 0.25) is 0 Å².